The number of methoxy groups -OCH3 is 2. The van der Waals surface area contributed by atoms with E-state index in [1.54, 1.807) is 19.9 Å². The molecule has 9 heteroatoms. The molecule has 0 bridgehead atoms. The van der Waals surface area contributed by atoms with Gasteiger partial charge in [-0.15, -0.1) is 0 Å². The highest BCUT2D eigenvalue weighted by molar-refractivity contribution is 6.46. The molecule has 0 heterocycles. The average Bonchev–Trinajstić information content (AvgIpc) is 3.30. The van der Waals surface area contributed by atoms with Crippen LogP contribution in [0, 0.1) is 67.5 Å². The monoisotopic (exact) mass is 943 g/mol. The molecule has 1 aromatic carbocycles. The topological polar surface area (TPSA) is 133 Å². The third kappa shape index (κ3) is 5.85. The minimum absolute atomic E-state index is 0.0552. The number of fused-ring (bicyclic) bond motifs is 14. The Hall–Kier alpha value is -4.27. The average molecular weight is 943 g/mol. The van der Waals surface area contributed by atoms with E-state index in [0.717, 1.165) is 107 Å². The molecule has 9 aliphatic rings. The van der Waals surface area contributed by atoms with Crippen LogP contribution in [0.3, 0.4) is 0 Å². The Labute approximate surface area is 410 Å². The van der Waals surface area contributed by atoms with E-state index in [1.165, 1.54) is 19.8 Å². The molecule has 0 saturated heterocycles. The van der Waals surface area contributed by atoms with Crippen LogP contribution in [-0.2, 0) is 34.1 Å². The minimum Gasteiger partial charge on any atom is -0.504 e. The number of esters is 2. The maximum Gasteiger partial charge on any atom is 0.311 e. The zero-order valence-corrected chi connectivity index (χ0v) is 44.2. The van der Waals surface area contributed by atoms with E-state index in [9.17, 15) is 29.1 Å². The molecule has 0 aromatic heterocycles. The standard InChI is InChI=1S/C60H78O9/c1-34-45-37(55(7)24-28-59(11)44-33-53(5,49(66)68-14)20-18-51(44,3)22-26-57(59,9)42(55)31-38(45)61)30-40(46(34)63)69-60(12)35-15-16-41-54(6,36(35)29-39(62)47(60)64)23-27-58(10)43-32-52(4,48(65)67-13)19-17-50(43,2)21-25-56(41,58)8/h15-16,29-31,43-44,63H,17-28,32-33H2,1-14H3/t43-,44-,50-,51-,52-,53-,54+,55+,56-,57-,58+,59+,60-/m1/s1. The van der Waals surface area contributed by atoms with Crippen molar-refractivity contribution in [1.82, 2.24) is 0 Å². The first kappa shape index (κ1) is 48.4. The van der Waals surface area contributed by atoms with Gasteiger partial charge in [0.05, 0.1) is 25.0 Å². The van der Waals surface area contributed by atoms with E-state index in [2.05, 4.69) is 75.3 Å². The van der Waals surface area contributed by atoms with E-state index in [0.29, 0.717) is 16.7 Å². The highest BCUT2D eigenvalue weighted by Crippen LogP contribution is 2.77. The van der Waals surface area contributed by atoms with Crippen molar-refractivity contribution in [2.75, 3.05) is 14.2 Å². The molecular formula is C60H78O9. The van der Waals surface area contributed by atoms with Gasteiger partial charge in [-0.25, -0.2) is 0 Å². The molecule has 9 nitrogen and oxygen atoms in total. The maximum absolute atomic E-state index is 14.7. The molecule has 0 unspecified atom stereocenters. The number of ether oxygens (including phenoxy) is 3. The SMILES string of the molecule is COC(=O)[C@]1(C)CC[C@]2(C)CC[C@]3(C)C4=CC=C5C(=CC(=O)C(=O)[C@]5(C)Oc5cc6c(c(C)c5O)C(=O)C=C5[C@@]6(C)CC[C@@]6(C)[C@@H]7C[C@](C)(C(=O)OC)CC[C@]7(C)CC[C@]56C)[C@]4(C)CC[C@@]3(C)[C@@H]2C1. The second kappa shape index (κ2) is 14.5. The number of phenolic OH excluding ortho intramolecular Hbond substituents is 1. The summed E-state index contributed by atoms with van der Waals surface area (Å²) < 4.78 is 17.7. The van der Waals surface area contributed by atoms with Crippen LogP contribution < -0.4 is 4.74 Å². The van der Waals surface area contributed by atoms with Crippen molar-refractivity contribution in [3.8, 4) is 11.5 Å². The van der Waals surface area contributed by atoms with Crippen molar-refractivity contribution in [2.45, 2.75) is 184 Å². The summed E-state index contributed by atoms with van der Waals surface area (Å²) in [7, 11) is 2.99. The van der Waals surface area contributed by atoms with Crippen molar-refractivity contribution in [3.63, 3.8) is 0 Å². The predicted molar refractivity (Wildman–Crippen MR) is 265 cm³/mol. The van der Waals surface area contributed by atoms with Crippen LogP contribution in [0.5, 0.6) is 11.5 Å². The first-order valence-corrected chi connectivity index (χ1v) is 26.2. The lowest BCUT2D eigenvalue weighted by molar-refractivity contribution is -0.180. The third-order valence-corrected chi connectivity index (χ3v) is 23.6. The minimum atomic E-state index is -1.76. The van der Waals surface area contributed by atoms with Crippen molar-refractivity contribution < 1.29 is 43.3 Å². The van der Waals surface area contributed by atoms with Crippen molar-refractivity contribution in [2.24, 2.45) is 60.6 Å². The number of Topliss-reactive ketones (excluding diaryl/α,β-unsaturated/α-hetero) is 1. The first-order chi connectivity index (χ1) is 31.9. The van der Waals surface area contributed by atoms with Gasteiger partial charge in [0.25, 0.3) is 0 Å². The van der Waals surface area contributed by atoms with E-state index in [4.69, 9.17) is 14.2 Å². The Morgan fingerprint density at radius 2 is 1.07 bits per heavy atom. The molecule has 6 saturated carbocycles. The highest BCUT2D eigenvalue weighted by atomic mass is 16.5. The largest absolute Gasteiger partial charge is 0.504 e. The summed E-state index contributed by atoms with van der Waals surface area (Å²) in [6, 6.07) is 1.81. The number of phenols is 1. The molecule has 0 amide bonds. The number of rotatable bonds is 4. The molecular weight excluding hydrogens is 865 g/mol. The number of aromatic hydroxyl groups is 1. The number of allylic oxidation sites excluding steroid dienone is 6. The van der Waals surface area contributed by atoms with Gasteiger partial charge in [0.2, 0.25) is 11.6 Å². The lowest BCUT2D eigenvalue weighted by Gasteiger charge is -2.70. The molecule has 1 N–H and O–H groups in total. The first-order valence-electron chi connectivity index (χ1n) is 26.2. The summed E-state index contributed by atoms with van der Waals surface area (Å²) in [4.78, 5) is 70.1. The second-order valence-corrected chi connectivity index (χ2v) is 26.8. The molecule has 0 radical (unpaired) electrons. The lowest BCUT2D eigenvalue weighted by atomic mass is 9.34. The smallest absolute Gasteiger partial charge is 0.311 e. The molecule has 6 fully saturated rings. The second-order valence-electron chi connectivity index (χ2n) is 26.8. The Bertz CT molecular complexity index is 2700. The van der Waals surface area contributed by atoms with Crippen LogP contribution in [0.4, 0.5) is 0 Å². The number of hydrogen-bond donors (Lipinski definition) is 1. The Morgan fingerprint density at radius 3 is 1.59 bits per heavy atom. The van der Waals surface area contributed by atoms with Gasteiger partial charge in [0.15, 0.2) is 22.9 Å². The summed E-state index contributed by atoms with van der Waals surface area (Å²) in [5.41, 5.74) is 0.530. The van der Waals surface area contributed by atoms with Crippen LogP contribution in [0.1, 0.15) is 188 Å². The fourth-order valence-electron chi connectivity index (χ4n) is 18.4. The Morgan fingerprint density at radius 1 is 0.580 bits per heavy atom. The Balaban J connectivity index is 1.03. The van der Waals surface area contributed by atoms with Crippen molar-refractivity contribution in [3.05, 3.63) is 69.4 Å². The van der Waals surface area contributed by atoms with Crippen molar-refractivity contribution >= 4 is 29.3 Å². The quantitative estimate of drug-likeness (QED) is 0.231. The number of carbonyl (C=O) groups is 5. The van der Waals surface area contributed by atoms with Gasteiger partial charge in [0.1, 0.15) is 0 Å². The van der Waals surface area contributed by atoms with E-state index < -0.39 is 38.8 Å². The number of ketones is 3. The predicted octanol–water partition coefficient (Wildman–Crippen LogP) is 12.3. The fraction of sp³-hybridized carbons (Fsp3) is 0.683. The number of hydrogen-bond acceptors (Lipinski definition) is 9. The molecule has 1 aromatic rings. The van der Waals surface area contributed by atoms with Gasteiger partial charge in [-0.2, -0.15) is 0 Å². The molecule has 10 rings (SSSR count). The summed E-state index contributed by atoms with van der Waals surface area (Å²) in [6.45, 7) is 26.5. The highest BCUT2D eigenvalue weighted by Gasteiger charge is 2.70. The van der Waals surface area contributed by atoms with Gasteiger partial charge in [-0.1, -0.05) is 73.1 Å². The normalized spacial score (nSPS) is 46.3. The molecule has 0 spiro atoms. The van der Waals surface area contributed by atoms with Crippen LogP contribution >= 0.6 is 0 Å². The summed E-state index contributed by atoms with van der Waals surface area (Å²) >= 11 is 0. The van der Waals surface area contributed by atoms with Gasteiger partial charge >= 0.3 is 11.9 Å². The molecule has 9 aliphatic carbocycles. The molecule has 69 heavy (non-hydrogen) atoms. The van der Waals surface area contributed by atoms with Gasteiger partial charge in [-0.3, -0.25) is 24.0 Å². The summed E-state index contributed by atoms with van der Waals surface area (Å²) in [5, 5.41) is 12.1. The van der Waals surface area contributed by atoms with Gasteiger partial charge in [0, 0.05) is 27.5 Å². The van der Waals surface area contributed by atoms with Crippen LogP contribution in [0.25, 0.3) is 0 Å². The maximum atomic E-state index is 14.7. The van der Waals surface area contributed by atoms with Crippen LogP contribution in [0.15, 0.2) is 52.7 Å². The van der Waals surface area contributed by atoms with E-state index in [1.807, 2.05) is 18.2 Å². The zero-order valence-electron chi connectivity index (χ0n) is 44.2. The number of carbonyl (C=O) groups excluding carboxylic acids is 5. The van der Waals surface area contributed by atoms with E-state index >= 15 is 0 Å². The van der Waals surface area contributed by atoms with Crippen molar-refractivity contribution in [1.29, 1.82) is 0 Å². The molecule has 372 valence electrons. The Kier molecular flexibility index (Phi) is 10.1. The molecule has 13 atom stereocenters. The summed E-state index contributed by atoms with van der Waals surface area (Å²) in [6.07, 6.45) is 19.9. The summed E-state index contributed by atoms with van der Waals surface area (Å²) in [5.74, 6) is -1.36. The van der Waals surface area contributed by atoms with Gasteiger partial charge < -0.3 is 19.3 Å². The van der Waals surface area contributed by atoms with Gasteiger partial charge in [-0.05, 0) is 197 Å². The molecule has 0 aliphatic heterocycles. The van der Waals surface area contributed by atoms with E-state index in [-0.39, 0.29) is 73.5 Å². The van der Waals surface area contributed by atoms with Crippen LogP contribution in [-0.4, -0.2) is 54.2 Å². The van der Waals surface area contributed by atoms with Crippen LogP contribution in [0.2, 0.25) is 0 Å². The fourth-order valence-corrected chi connectivity index (χ4v) is 18.4. The lowest BCUT2D eigenvalue weighted by Crippen LogP contribution is -2.63. The zero-order chi connectivity index (χ0) is 50.3. The number of benzene rings is 1. The third-order valence-electron chi connectivity index (χ3n) is 23.6.